The molecule has 0 aliphatic carbocycles. The zero-order chi connectivity index (χ0) is 16.8. The molecule has 24 heavy (non-hydrogen) atoms. The highest BCUT2D eigenvalue weighted by Crippen LogP contribution is 2.35. The molecule has 0 spiro atoms. The van der Waals surface area contributed by atoms with E-state index in [-0.39, 0.29) is 6.17 Å². The summed E-state index contributed by atoms with van der Waals surface area (Å²) in [5, 5.41) is 9.73. The smallest absolute Gasteiger partial charge is 0.157 e. The molecule has 0 radical (unpaired) electrons. The van der Waals surface area contributed by atoms with E-state index in [9.17, 15) is 5.26 Å². The van der Waals surface area contributed by atoms with Gasteiger partial charge < -0.3 is 10.6 Å². The van der Waals surface area contributed by atoms with Gasteiger partial charge in [0.1, 0.15) is 11.9 Å². The minimum absolute atomic E-state index is 0.0204. The summed E-state index contributed by atoms with van der Waals surface area (Å²) in [5.74, 6) is 1.11. The third kappa shape index (κ3) is 1.93. The molecule has 3 aromatic rings. The number of hydrogen-bond donors (Lipinski definition) is 1. The van der Waals surface area contributed by atoms with Crippen LogP contribution in [-0.2, 0) is 6.42 Å². The third-order valence-electron chi connectivity index (χ3n) is 5.13. The minimum Gasteiger partial charge on any atom is -0.342 e. The molecule has 5 heteroatoms. The maximum Gasteiger partial charge on any atom is 0.157 e. The maximum atomic E-state index is 9.73. The molecular weight excluding hydrogens is 298 g/mol. The van der Waals surface area contributed by atoms with E-state index < -0.39 is 0 Å². The van der Waals surface area contributed by atoms with Gasteiger partial charge in [-0.05, 0) is 49.4 Å². The van der Waals surface area contributed by atoms with Crippen LogP contribution in [0.15, 0.2) is 24.3 Å². The monoisotopic (exact) mass is 319 g/mol. The fraction of sp³-hybridized carbons (Fsp3) is 0.368. The second-order valence-corrected chi connectivity index (χ2v) is 6.43. The molecule has 5 nitrogen and oxygen atoms in total. The summed E-state index contributed by atoms with van der Waals surface area (Å²) in [6, 6.07) is 10.4. The fourth-order valence-electron chi connectivity index (χ4n) is 3.94. The number of aromatic nitrogens is 2. The number of pyridine rings is 1. The second-order valence-electron chi connectivity index (χ2n) is 6.43. The Labute approximate surface area is 141 Å². The van der Waals surface area contributed by atoms with E-state index in [1.165, 1.54) is 5.56 Å². The van der Waals surface area contributed by atoms with Crippen LogP contribution in [0.1, 0.15) is 36.5 Å². The molecule has 1 saturated heterocycles. The lowest BCUT2D eigenvalue weighted by Crippen LogP contribution is -2.38. The number of benzene rings is 1. The largest absolute Gasteiger partial charge is 0.342 e. The van der Waals surface area contributed by atoms with E-state index >= 15 is 0 Å². The highest BCUT2D eigenvalue weighted by molar-refractivity contribution is 5.86. The first-order valence-corrected chi connectivity index (χ1v) is 8.52. The number of anilines is 1. The van der Waals surface area contributed by atoms with Crippen LogP contribution in [0, 0.1) is 18.3 Å². The lowest BCUT2D eigenvalue weighted by Gasteiger charge is -2.28. The van der Waals surface area contributed by atoms with Gasteiger partial charge >= 0.3 is 0 Å². The summed E-state index contributed by atoms with van der Waals surface area (Å²) in [7, 11) is 0. The first-order valence-electron chi connectivity index (χ1n) is 8.52. The Morgan fingerprint density at radius 3 is 2.83 bits per heavy atom. The first kappa shape index (κ1) is 15.0. The van der Waals surface area contributed by atoms with E-state index in [0.717, 1.165) is 53.9 Å². The minimum atomic E-state index is 0.0204. The van der Waals surface area contributed by atoms with Crippen molar-refractivity contribution in [2.24, 2.45) is 5.73 Å². The Bertz CT molecular complexity index is 979. The van der Waals surface area contributed by atoms with Crippen molar-refractivity contribution in [3.8, 4) is 6.07 Å². The molecular formula is C19H21N5. The van der Waals surface area contributed by atoms with Gasteiger partial charge in [0.2, 0.25) is 0 Å². The summed E-state index contributed by atoms with van der Waals surface area (Å²) in [6.07, 6.45) is 2.97. The van der Waals surface area contributed by atoms with E-state index in [4.69, 9.17) is 10.7 Å². The van der Waals surface area contributed by atoms with Gasteiger partial charge in [-0.1, -0.05) is 19.1 Å². The number of fused-ring (bicyclic) bond motifs is 3. The zero-order valence-electron chi connectivity index (χ0n) is 14.1. The summed E-state index contributed by atoms with van der Waals surface area (Å²) in [4.78, 5) is 7.04. The van der Waals surface area contributed by atoms with Crippen molar-refractivity contribution in [1.82, 2.24) is 9.38 Å². The van der Waals surface area contributed by atoms with Gasteiger partial charge in [-0.2, -0.15) is 5.26 Å². The third-order valence-corrected chi connectivity index (χ3v) is 5.13. The van der Waals surface area contributed by atoms with Crippen molar-refractivity contribution >= 4 is 22.5 Å². The number of imidazole rings is 1. The molecule has 1 atom stereocenters. The van der Waals surface area contributed by atoms with Crippen LogP contribution in [-0.4, -0.2) is 22.1 Å². The van der Waals surface area contributed by atoms with E-state index in [1.54, 1.807) is 0 Å². The maximum absolute atomic E-state index is 9.73. The topological polar surface area (TPSA) is 70.4 Å². The highest BCUT2D eigenvalue weighted by Gasteiger charge is 2.28. The predicted molar refractivity (Wildman–Crippen MR) is 96.1 cm³/mol. The number of hydrogen-bond acceptors (Lipinski definition) is 4. The second kappa shape index (κ2) is 5.50. The van der Waals surface area contributed by atoms with Gasteiger partial charge in [0.15, 0.2) is 5.65 Å². The molecule has 122 valence electrons. The van der Waals surface area contributed by atoms with Crippen molar-refractivity contribution < 1.29 is 0 Å². The van der Waals surface area contributed by atoms with Gasteiger partial charge in [-0.3, -0.25) is 4.40 Å². The van der Waals surface area contributed by atoms with Crippen molar-refractivity contribution in [3.63, 3.8) is 0 Å². The highest BCUT2D eigenvalue weighted by atomic mass is 15.3. The Balaban J connectivity index is 2.21. The molecule has 2 aromatic heterocycles. The molecule has 4 rings (SSSR count). The summed E-state index contributed by atoms with van der Waals surface area (Å²) >= 11 is 0. The predicted octanol–water partition coefficient (Wildman–Crippen LogP) is 3.12. The lowest BCUT2D eigenvalue weighted by atomic mass is 10.0. The molecule has 3 heterocycles. The van der Waals surface area contributed by atoms with E-state index in [1.807, 2.05) is 25.1 Å². The molecule has 0 bridgehead atoms. The van der Waals surface area contributed by atoms with E-state index in [0.29, 0.717) is 5.56 Å². The van der Waals surface area contributed by atoms with Gasteiger partial charge in [-0.15, -0.1) is 0 Å². The van der Waals surface area contributed by atoms with Crippen molar-refractivity contribution in [3.05, 3.63) is 41.0 Å². The molecule has 2 N–H and O–H groups in total. The van der Waals surface area contributed by atoms with Crippen LogP contribution >= 0.6 is 0 Å². The average Bonchev–Trinajstić information content (AvgIpc) is 3.17. The fourth-order valence-corrected chi connectivity index (χ4v) is 3.94. The summed E-state index contributed by atoms with van der Waals surface area (Å²) < 4.78 is 2.14. The van der Waals surface area contributed by atoms with Crippen LogP contribution in [0.5, 0.6) is 0 Å². The van der Waals surface area contributed by atoms with E-state index in [2.05, 4.69) is 28.4 Å². The number of nitriles is 1. The quantitative estimate of drug-likeness (QED) is 0.788. The summed E-state index contributed by atoms with van der Waals surface area (Å²) in [5.41, 5.74) is 12.0. The first-order chi connectivity index (χ1) is 11.7. The van der Waals surface area contributed by atoms with Crippen LogP contribution in [0.2, 0.25) is 0 Å². The molecule has 1 unspecified atom stereocenters. The van der Waals surface area contributed by atoms with Crippen molar-refractivity contribution in [2.45, 2.75) is 39.3 Å². The number of rotatable bonds is 2. The Kier molecular flexibility index (Phi) is 3.43. The summed E-state index contributed by atoms with van der Waals surface area (Å²) in [6.45, 7) is 5.11. The average molecular weight is 319 g/mol. The van der Waals surface area contributed by atoms with Crippen LogP contribution < -0.4 is 10.6 Å². The molecule has 0 saturated carbocycles. The number of para-hydroxylation sites is 2. The molecule has 0 amide bonds. The Morgan fingerprint density at radius 1 is 1.38 bits per heavy atom. The zero-order valence-corrected chi connectivity index (χ0v) is 14.1. The lowest BCUT2D eigenvalue weighted by molar-refractivity contribution is 0.688. The molecule has 1 aliphatic heterocycles. The SMILES string of the molecule is CCc1c(C)c(C#N)c2nc3ccccc3n2c1N1CCCC1N. The van der Waals surface area contributed by atoms with Gasteiger partial charge in [0.05, 0.1) is 22.8 Å². The van der Waals surface area contributed by atoms with Crippen LogP contribution in [0.3, 0.4) is 0 Å². The standard InChI is InChI=1S/C19H21N5/c1-3-13-12(2)14(11-20)18-22-15-7-4-5-8-16(15)24(18)19(13)23-10-6-9-17(23)21/h4-5,7-8,17H,3,6,9-10,21H2,1-2H3. The van der Waals surface area contributed by atoms with Gasteiger partial charge in [-0.25, -0.2) is 4.98 Å². The van der Waals surface area contributed by atoms with Gasteiger partial charge in [0, 0.05) is 6.54 Å². The molecule has 1 aromatic carbocycles. The van der Waals surface area contributed by atoms with Gasteiger partial charge in [0.25, 0.3) is 0 Å². The normalized spacial score (nSPS) is 17.8. The van der Waals surface area contributed by atoms with Crippen molar-refractivity contribution in [2.75, 3.05) is 11.4 Å². The Hall–Kier alpha value is -2.58. The molecule has 1 fully saturated rings. The number of nitrogens with zero attached hydrogens (tertiary/aromatic N) is 4. The Morgan fingerprint density at radius 2 is 2.17 bits per heavy atom. The number of nitrogens with two attached hydrogens (primary N) is 1. The van der Waals surface area contributed by atoms with Crippen LogP contribution in [0.4, 0.5) is 5.82 Å². The van der Waals surface area contributed by atoms with Crippen molar-refractivity contribution in [1.29, 1.82) is 5.26 Å². The van der Waals surface area contributed by atoms with Crippen LogP contribution in [0.25, 0.3) is 16.7 Å². The molecule has 1 aliphatic rings.